The van der Waals surface area contributed by atoms with Crippen LogP contribution in [0.4, 0.5) is 5.69 Å². The van der Waals surface area contributed by atoms with Gasteiger partial charge in [-0.2, -0.15) is 0 Å². The summed E-state index contributed by atoms with van der Waals surface area (Å²) >= 11 is 6.06. The van der Waals surface area contributed by atoms with E-state index in [1.54, 1.807) is 37.4 Å². The van der Waals surface area contributed by atoms with Gasteiger partial charge in [-0.1, -0.05) is 11.6 Å². The number of nitrogens with one attached hydrogen (secondary N) is 2. The van der Waals surface area contributed by atoms with Gasteiger partial charge in [0.1, 0.15) is 0 Å². The van der Waals surface area contributed by atoms with Gasteiger partial charge in [-0.15, -0.1) is 0 Å². The van der Waals surface area contributed by atoms with Crippen LogP contribution < -0.4 is 20.1 Å². The van der Waals surface area contributed by atoms with Crippen LogP contribution in [0.2, 0.25) is 5.02 Å². The first-order valence-corrected chi connectivity index (χ1v) is 7.19. The van der Waals surface area contributed by atoms with E-state index in [4.69, 9.17) is 21.1 Å². The maximum atomic E-state index is 12.3. The molecule has 0 unspecified atom stereocenters. The van der Waals surface area contributed by atoms with Crippen molar-refractivity contribution in [3.05, 3.63) is 52.5 Å². The summed E-state index contributed by atoms with van der Waals surface area (Å²) in [5.74, 6) is 0.360. The summed E-state index contributed by atoms with van der Waals surface area (Å²) in [6, 6.07) is 9.64. The van der Waals surface area contributed by atoms with Gasteiger partial charge in [-0.05, 0) is 36.4 Å². The van der Waals surface area contributed by atoms with E-state index in [9.17, 15) is 9.59 Å². The Hall–Kier alpha value is -2.73. The van der Waals surface area contributed by atoms with Crippen LogP contribution in [-0.4, -0.2) is 25.7 Å². The third-order valence-electron chi connectivity index (χ3n) is 3.32. The number of amides is 2. The van der Waals surface area contributed by atoms with Crippen LogP contribution in [0, 0.1) is 0 Å². The molecule has 7 heteroatoms. The number of hydrogen-bond acceptors (Lipinski definition) is 4. The van der Waals surface area contributed by atoms with E-state index < -0.39 is 0 Å². The number of halogens is 1. The molecule has 0 aliphatic carbocycles. The number of anilines is 1. The lowest BCUT2D eigenvalue weighted by Gasteiger charge is -2.08. The number of hydrogen-bond donors (Lipinski definition) is 2. The Morgan fingerprint density at radius 1 is 1.04 bits per heavy atom. The molecular formula is C16H13ClN2O4. The van der Waals surface area contributed by atoms with Gasteiger partial charge in [0, 0.05) is 23.9 Å². The monoisotopic (exact) mass is 332 g/mol. The van der Waals surface area contributed by atoms with Crippen molar-refractivity contribution in [2.75, 3.05) is 19.2 Å². The number of ether oxygens (including phenoxy) is 2. The minimum atomic E-state index is -0.335. The Labute approximate surface area is 137 Å². The van der Waals surface area contributed by atoms with E-state index in [0.717, 1.165) is 0 Å². The first kappa shape index (κ1) is 15.2. The zero-order chi connectivity index (χ0) is 16.4. The van der Waals surface area contributed by atoms with Crippen LogP contribution in [0.3, 0.4) is 0 Å². The number of rotatable bonds is 3. The van der Waals surface area contributed by atoms with Crippen molar-refractivity contribution in [3.8, 4) is 11.5 Å². The zero-order valence-corrected chi connectivity index (χ0v) is 12.9. The maximum absolute atomic E-state index is 12.3. The summed E-state index contributed by atoms with van der Waals surface area (Å²) in [7, 11) is 1.56. The molecule has 0 bridgehead atoms. The number of carbonyl (C=O) groups is 2. The highest BCUT2D eigenvalue weighted by atomic mass is 35.5. The molecule has 23 heavy (non-hydrogen) atoms. The van der Waals surface area contributed by atoms with Crippen LogP contribution >= 0.6 is 11.6 Å². The molecule has 2 aromatic rings. The number of carbonyl (C=O) groups excluding carboxylic acids is 2. The van der Waals surface area contributed by atoms with Gasteiger partial charge in [-0.25, -0.2) is 0 Å². The zero-order valence-electron chi connectivity index (χ0n) is 12.2. The van der Waals surface area contributed by atoms with Gasteiger partial charge in [0.25, 0.3) is 11.8 Å². The second-order valence-electron chi connectivity index (χ2n) is 4.80. The normalized spacial score (nSPS) is 11.9. The average molecular weight is 333 g/mol. The maximum Gasteiger partial charge on any atom is 0.255 e. The molecule has 0 atom stereocenters. The molecule has 1 heterocycles. The molecule has 2 N–H and O–H groups in total. The second kappa shape index (κ2) is 6.18. The number of fused-ring (bicyclic) bond motifs is 1. The molecule has 2 aromatic carbocycles. The van der Waals surface area contributed by atoms with Crippen LogP contribution in [0.1, 0.15) is 20.7 Å². The molecule has 2 amide bonds. The highest BCUT2D eigenvalue weighted by molar-refractivity contribution is 6.32. The predicted octanol–water partition coefficient (Wildman–Crippen LogP) is 2.68. The molecule has 0 fully saturated rings. The summed E-state index contributed by atoms with van der Waals surface area (Å²) in [4.78, 5) is 23.8. The summed E-state index contributed by atoms with van der Waals surface area (Å²) < 4.78 is 10.4. The molecule has 1 aliphatic heterocycles. The van der Waals surface area contributed by atoms with Gasteiger partial charge in [0.05, 0.1) is 5.02 Å². The van der Waals surface area contributed by atoms with Crippen molar-refractivity contribution in [2.45, 2.75) is 0 Å². The predicted molar refractivity (Wildman–Crippen MR) is 85.4 cm³/mol. The SMILES string of the molecule is CNC(=O)c1ccc(NC(=O)c2cc(Cl)c3c(c2)OCO3)cc1. The summed E-state index contributed by atoms with van der Waals surface area (Å²) in [5.41, 5.74) is 1.43. The largest absolute Gasteiger partial charge is 0.454 e. The van der Waals surface area contributed by atoms with E-state index in [1.165, 1.54) is 6.07 Å². The molecule has 6 nitrogen and oxygen atoms in total. The quantitative estimate of drug-likeness (QED) is 0.906. The molecular weight excluding hydrogens is 320 g/mol. The molecule has 0 spiro atoms. The Bertz CT molecular complexity index is 774. The Balaban J connectivity index is 1.77. The first-order chi connectivity index (χ1) is 11.1. The molecule has 0 aromatic heterocycles. The second-order valence-corrected chi connectivity index (χ2v) is 5.21. The minimum Gasteiger partial charge on any atom is -0.454 e. The number of benzene rings is 2. The topological polar surface area (TPSA) is 76.7 Å². The smallest absolute Gasteiger partial charge is 0.255 e. The molecule has 0 saturated heterocycles. The van der Waals surface area contributed by atoms with E-state index in [1.807, 2.05) is 0 Å². The minimum absolute atomic E-state index is 0.0844. The lowest BCUT2D eigenvalue weighted by atomic mass is 10.1. The summed E-state index contributed by atoms with van der Waals surface area (Å²) in [5, 5.41) is 5.59. The van der Waals surface area contributed by atoms with Crippen molar-refractivity contribution in [1.82, 2.24) is 5.32 Å². The summed E-state index contributed by atoms with van der Waals surface area (Å²) in [6.07, 6.45) is 0. The van der Waals surface area contributed by atoms with Crippen LogP contribution in [0.5, 0.6) is 11.5 Å². The van der Waals surface area contributed by atoms with Crippen LogP contribution in [0.25, 0.3) is 0 Å². The molecule has 3 rings (SSSR count). The third-order valence-corrected chi connectivity index (χ3v) is 3.60. The van der Waals surface area contributed by atoms with E-state index >= 15 is 0 Å². The van der Waals surface area contributed by atoms with Crippen molar-refractivity contribution in [1.29, 1.82) is 0 Å². The summed E-state index contributed by atoms with van der Waals surface area (Å²) in [6.45, 7) is 0.0844. The van der Waals surface area contributed by atoms with E-state index in [0.29, 0.717) is 33.3 Å². The van der Waals surface area contributed by atoms with Gasteiger partial charge in [0.2, 0.25) is 6.79 Å². The third kappa shape index (κ3) is 3.07. The first-order valence-electron chi connectivity index (χ1n) is 6.81. The Morgan fingerprint density at radius 3 is 2.48 bits per heavy atom. The van der Waals surface area contributed by atoms with Gasteiger partial charge < -0.3 is 20.1 Å². The van der Waals surface area contributed by atoms with Crippen LogP contribution in [-0.2, 0) is 0 Å². The van der Waals surface area contributed by atoms with Crippen molar-refractivity contribution in [3.63, 3.8) is 0 Å². The molecule has 0 saturated carbocycles. The van der Waals surface area contributed by atoms with Crippen LogP contribution in [0.15, 0.2) is 36.4 Å². The standard InChI is InChI=1S/C16H13ClN2O4/c1-18-15(20)9-2-4-11(5-3-9)19-16(21)10-6-12(17)14-13(7-10)22-8-23-14/h2-7H,8H2,1H3,(H,18,20)(H,19,21). The average Bonchev–Trinajstić information content (AvgIpc) is 3.04. The van der Waals surface area contributed by atoms with Gasteiger partial charge >= 0.3 is 0 Å². The van der Waals surface area contributed by atoms with E-state index in [-0.39, 0.29) is 18.6 Å². The van der Waals surface area contributed by atoms with E-state index in [2.05, 4.69) is 10.6 Å². The highest BCUT2D eigenvalue weighted by Crippen LogP contribution is 2.39. The van der Waals surface area contributed by atoms with Crippen molar-refractivity contribution < 1.29 is 19.1 Å². The molecule has 1 aliphatic rings. The lowest BCUT2D eigenvalue weighted by Crippen LogP contribution is -2.17. The fraction of sp³-hybridized carbons (Fsp3) is 0.125. The van der Waals surface area contributed by atoms with Crippen molar-refractivity contribution >= 4 is 29.1 Å². The van der Waals surface area contributed by atoms with Gasteiger partial charge in [0.15, 0.2) is 11.5 Å². The Kier molecular flexibility index (Phi) is 4.08. The molecule has 118 valence electrons. The Morgan fingerprint density at radius 2 is 1.78 bits per heavy atom. The highest BCUT2D eigenvalue weighted by Gasteiger charge is 2.20. The molecule has 0 radical (unpaired) electrons. The van der Waals surface area contributed by atoms with Crippen molar-refractivity contribution in [2.24, 2.45) is 0 Å². The van der Waals surface area contributed by atoms with Gasteiger partial charge in [-0.3, -0.25) is 9.59 Å². The fourth-order valence-corrected chi connectivity index (χ4v) is 2.42. The lowest BCUT2D eigenvalue weighted by molar-refractivity contribution is 0.0962. The fourth-order valence-electron chi connectivity index (χ4n) is 2.15.